The molecule has 0 aliphatic carbocycles. The molecule has 0 fully saturated rings. The zero-order valence-corrected chi connectivity index (χ0v) is 7.83. The summed E-state index contributed by atoms with van der Waals surface area (Å²) in [6.45, 7) is 4.13. The molecule has 1 rings (SSSR count). The van der Waals surface area contributed by atoms with Gasteiger partial charge in [0.25, 0.3) is 0 Å². The molecule has 0 saturated heterocycles. The van der Waals surface area contributed by atoms with Crippen molar-refractivity contribution in [3.8, 4) is 6.07 Å². The summed E-state index contributed by atoms with van der Waals surface area (Å²) in [6.07, 6.45) is 4.06. The van der Waals surface area contributed by atoms with E-state index >= 15 is 0 Å². The zero-order valence-electron chi connectivity index (χ0n) is 7.01. The highest BCUT2D eigenvalue weighted by molar-refractivity contribution is 8.18. The molecule has 1 aliphatic heterocycles. The van der Waals surface area contributed by atoms with Crippen molar-refractivity contribution >= 4 is 15.3 Å². The number of nitriles is 1. The molecule has 0 aromatic rings. The topological polar surface area (TPSA) is 23.8 Å². The van der Waals surface area contributed by atoms with E-state index in [-0.39, 0.29) is 10.5 Å². The van der Waals surface area contributed by atoms with Crippen LogP contribution in [0.5, 0.6) is 0 Å². The van der Waals surface area contributed by atoms with Crippen molar-refractivity contribution in [3.63, 3.8) is 0 Å². The van der Waals surface area contributed by atoms with E-state index in [1.807, 2.05) is 13.0 Å². The fraction of sp³-hybridized carbons (Fsp3) is 0.333. The average Bonchev–Trinajstić information content (AvgIpc) is 1.97. The molecule has 0 saturated carbocycles. The minimum Gasteiger partial charge on any atom is -0.192 e. The third-order valence-electron chi connectivity index (χ3n) is 1.78. The molecule has 1 heterocycles. The van der Waals surface area contributed by atoms with Gasteiger partial charge < -0.3 is 0 Å². The summed E-state index contributed by atoms with van der Waals surface area (Å²) in [5, 5.41) is 10.9. The van der Waals surface area contributed by atoms with E-state index in [0.29, 0.717) is 0 Å². The highest BCUT2D eigenvalue weighted by atomic mass is 32.2. The monoisotopic (exact) mass is 165 g/mol. The Bertz CT molecular complexity index is 313. The first-order valence-electron chi connectivity index (χ1n) is 3.44. The third kappa shape index (κ3) is 1.61. The lowest BCUT2D eigenvalue weighted by Crippen LogP contribution is -1.96. The standard InChI is InChI=1S/C9H11NS/c1-7-4-9(5-10)11(3)6-8(7)2/h4,6H,1-3H3. The maximum Gasteiger partial charge on any atom is 0.106 e. The Labute approximate surface area is 70.0 Å². The fourth-order valence-electron chi connectivity index (χ4n) is 0.929. The molecule has 1 atom stereocenters. The first kappa shape index (κ1) is 8.29. The van der Waals surface area contributed by atoms with Crippen LogP contribution in [0.2, 0.25) is 0 Å². The molecule has 11 heavy (non-hydrogen) atoms. The minimum absolute atomic E-state index is 0.0383. The summed E-state index contributed by atoms with van der Waals surface area (Å²) in [5.41, 5.74) is 2.52. The van der Waals surface area contributed by atoms with Crippen molar-refractivity contribution in [1.29, 1.82) is 5.26 Å². The van der Waals surface area contributed by atoms with E-state index in [4.69, 9.17) is 5.26 Å². The zero-order chi connectivity index (χ0) is 8.43. The van der Waals surface area contributed by atoms with Gasteiger partial charge in [-0.2, -0.15) is 5.26 Å². The molecule has 0 aromatic heterocycles. The number of rotatable bonds is 0. The summed E-state index contributed by atoms with van der Waals surface area (Å²) in [7, 11) is 0.0383. The summed E-state index contributed by atoms with van der Waals surface area (Å²) >= 11 is 0. The molecule has 0 spiro atoms. The number of nitrogens with zero attached hydrogens (tertiary/aromatic N) is 1. The van der Waals surface area contributed by atoms with Gasteiger partial charge in [-0.1, -0.05) is 0 Å². The van der Waals surface area contributed by atoms with Crippen LogP contribution in [0.4, 0.5) is 0 Å². The van der Waals surface area contributed by atoms with Gasteiger partial charge in [0, 0.05) is 0 Å². The Morgan fingerprint density at radius 3 is 2.55 bits per heavy atom. The lowest BCUT2D eigenvalue weighted by Gasteiger charge is -2.09. The van der Waals surface area contributed by atoms with Crippen LogP contribution in [0.1, 0.15) is 13.8 Å². The van der Waals surface area contributed by atoms with E-state index in [2.05, 4.69) is 24.7 Å². The van der Waals surface area contributed by atoms with Crippen LogP contribution in [-0.4, -0.2) is 11.1 Å². The smallest absolute Gasteiger partial charge is 0.106 e. The maximum absolute atomic E-state index is 8.71. The average molecular weight is 165 g/mol. The summed E-state index contributed by atoms with van der Waals surface area (Å²) in [6, 6.07) is 2.21. The van der Waals surface area contributed by atoms with Crippen molar-refractivity contribution in [3.05, 3.63) is 22.6 Å². The highest BCUT2D eigenvalue weighted by Gasteiger charge is 2.04. The quantitative estimate of drug-likeness (QED) is 0.506. The lowest BCUT2D eigenvalue weighted by atomic mass is 10.1. The van der Waals surface area contributed by atoms with E-state index in [1.54, 1.807) is 0 Å². The van der Waals surface area contributed by atoms with Crippen LogP contribution >= 0.6 is 10.5 Å². The molecule has 1 nitrogen and oxygen atoms in total. The Balaban J connectivity index is 3.20. The van der Waals surface area contributed by atoms with Crippen LogP contribution in [0.3, 0.4) is 0 Å². The fourth-order valence-corrected chi connectivity index (χ4v) is 2.28. The molecular formula is C9H11NS. The van der Waals surface area contributed by atoms with Gasteiger partial charge in [0.2, 0.25) is 0 Å². The van der Waals surface area contributed by atoms with Crippen molar-refractivity contribution < 1.29 is 0 Å². The van der Waals surface area contributed by atoms with Gasteiger partial charge in [-0.15, -0.1) is 10.5 Å². The molecular weight excluding hydrogens is 154 g/mol. The van der Waals surface area contributed by atoms with E-state index in [0.717, 1.165) is 4.86 Å². The molecule has 0 radical (unpaired) electrons. The number of hydrogen-bond acceptors (Lipinski definition) is 1. The van der Waals surface area contributed by atoms with Crippen molar-refractivity contribution in [2.24, 2.45) is 0 Å². The van der Waals surface area contributed by atoms with Crippen LogP contribution in [0.15, 0.2) is 22.6 Å². The Hall–Kier alpha value is -0.810. The normalized spacial score (nSPS) is 23.8. The third-order valence-corrected chi connectivity index (χ3v) is 3.39. The van der Waals surface area contributed by atoms with Crippen molar-refractivity contribution in [1.82, 2.24) is 0 Å². The molecule has 2 heteroatoms. The molecule has 0 bridgehead atoms. The molecule has 1 aliphatic rings. The minimum atomic E-state index is 0.0383. The van der Waals surface area contributed by atoms with E-state index in [1.165, 1.54) is 11.1 Å². The largest absolute Gasteiger partial charge is 0.192 e. The van der Waals surface area contributed by atoms with Gasteiger partial charge in [0.1, 0.15) is 6.07 Å². The molecule has 58 valence electrons. The summed E-state index contributed by atoms with van der Waals surface area (Å²) in [4.78, 5) is 0.896. The second kappa shape index (κ2) is 3.06. The lowest BCUT2D eigenvalue weighted by molar-refractivity contribution is 1.36. The first-order chi connectivity index (χ1) is 5.15. The molecule has 0 amide bonds. The van der Waals surface area contributed by atoms with Gasteiger partial charge >= 0.3 is 0 Å². The van der Waals surface area contributed by atoms with Gasteiger partial charge in [-0.3, -0.25) is 0 Å². The van der Waals surface area contributed by atoms with Crippen LogP contribution in [0, 0.1) is 11.3 Å². The summed E-state index contributed by atoms with van der Waals surface area (Å²) in [5.74, 6) is 0. The van der Waals surface area contributed by atoms with Crippen LogP contribution < -0.4 is 0 Å². The van der Waals surface area contributed by atoms with Gasteiger partial charge in [0.15, 0.2) is 0 Å². The van der Waals surface area contributed by atoms with E-state index < -0.39 is 0 Å². The van der Waals surface area contributed by atoms with Gasteiger partial charge in [-0.25, -0.2) is 0 Å². The maximum atomic E-state index is 8.71. The van der Waals surface area contributed by atoms with Crippen LogP contribution in [-0.2, 0) is 0 Å². The second-order valence-electron chi connectivity index (χ2n) is 2.66. The first-order valence-corrected chi connectivity index (χ1v) is 5.13. The predicted molar refractivity (Wildman–Crippen MR) is 51.6 cm³/mol. The molecule has 0 aromatic carbocycles. The predicted octanol–water partition coefficient (Wildman–Crippen LogP) is 2.44. The number of allylic oxidation sites excluding steroid dienone is 3. The Morgan fingerprint density at radius 1 is 1.36 bits per heavy atom. The Morgan fingerprint density at radius 2 is 2.00 bits per heavy atom. The van der Waals surface area contributed by atoms with Crippen molar-refractivity contribution in [2.75, 3.05) is 6.26 Å². The molecule has 0 N–H and O–H groups in total. The SMILES string of the molecule is CC1=CC(C#N)=S(C)C=C1C. The molecule has 1 unspecified atom stereocenters. The van der Waals surface area contributed by atoms with Gasteiger partial charge in [-0.05, 0) is 42.7 Å². The highest BCUT2D eigenvalue weighted by Crippen LogP contribution is 2.24. The van der Waals surface area contributed by atoms with Crippen molar-refractivity contribution in [2.45, 2.75) is 13.8 Å². The van der Waals surface area contributed by atoms with Gasteiger partial charge in [0.05, 0.1) is 4.86 Å². The number of hydrogen-bond donors (Lipinski definition) is 0. The second-order valence-corrected chi connectivity index (χ2v) is 4.45. The summed E-state index contributed by atoms with van der Waals surface area (Å²) < 4.78 is 0. The van der Waals surface area contributed by atoms with E-state index in [9.17, 15) is 0 Å². The Kier molecular flexibility index (Phi) is 2.31. The van der Waals surface area contributed by atoms with Crippen LogP contribution in [0.25, 0.3) is 0 Å².